The molecule has 0 spiro atoms. The molecular formula is C26H22FN3O4S. The Labute approximate surface area is 201 Å². The summed E-state index contributed by atoms with van der Waals surface area (Å²) >= 11 is 0. The highest BCUT2D eigenvalue weighted by molar-refractivity contribution is 7.92. The lowest BCUT2D eigenvalue weighted by Crippen LogP contribution is -2.33. The van der Waals surface area contributed by atoms with E-state index in [0.29, 0.717) is 24.2 Å². The molecule has 0 bridgehead atoms. The van der Waals surface area contributed by atoms with Crippen LogP contribution in [0, 0.1) is 5.82 Å². The summed E-state index contributed by atoms with van der Waals surface area (Å²) in [7, 11) is -4.05. The molecular weight excluding hydrogens is 469 g/mol. The first-order valence-corrected chi connectivity index (χ1v) is 12.6. The van der Waals surface area contributed by atoms with E-state index in [-0.39, 0.29) is 22.4 Å². The molecule has 2 heterocycles. The summed E-state index contributed by atoms with van der Waals surface area (Å²) in [6.45, 7) is 2.24. The number of carbonyl (C=O) groups is 1. The topological polar surface area (TPSA) is 90.6 Å². The third-order valence-corrected chi connectivity index (χ3v) is 8.10. The highest BCUT2D eigenvalue weighted by Crippen LogP contribution is 2.29. The molecule has 3 aromatic carbocycles. The number of carbonyl (C=O) groups excluding carboxylic acids is 1. The number of halogens is 1. The second kappa shape index (κ2) is 8.66. The number of rotatable bonds is 5. The first kappa shape index (κ1) is 22.8. The standard InChI is InChI=1S/C26H22FN3O4S/c1-2-30(19-9-7-18(27)8-10-19)35(33,34)20-11-12-23-21(15-20)25(31)22(16-28-23)26(32)29-14-13-17-5-3-4-6-24(17)29/h3-12,15-16H,2,13-14H2,1H3,(H,28,31). The van der Waals surface area contributed by atoms with Crippen molar-refractivity contribution in [3.63, 3.8) is 0 Å². The van der Waals surface area contributed by atoms with Crippen molar-refractivity contribution in [3.8, 4) is 0 Å². The van der Waals surface area contributed by atoms with Crippen molar-refractivity contribution in [2.75, 3.05) is 22.3 Å². The van der Waals surface area contributed by atoms with Crippen LogP contribution in [-0.4, -0.2) is 32.4 Å². The van der Waals surface area contributed by atoms with Crippen LogP contribution in [0.3, 0.4) is 0 Å². The van der Waals surface area contributed by atoms with Crippen LogP contribution in [0.4, 0.5) is 15.8 Å². The van der Waals surface area contributed by atoms with Crippen LogP contribution in [0.5, 0.6) is 0 Å². The zero-order valence-electron chi connectivity index (χ0n) is 18.9. The molecule has 1 amide bonds. The average molecular weight is 492 g/mol. The first-order chi connectivity index (χ1) is 16.8. The van der Waals surface area contributed by atoms with Crippen molar-refractivity contribution in [2.45, 2.75) is 18.2 Å². The number of aromatic nitrogens is 1. The molecule has 0 unspecified atom stereocenters. The fraction of sp³-hybridized carbons (Fsp3) is 0.154. The molecule has 5 rings (SSSR count). The smallest absolute Gasteiger partial charge is 0.264 e. The third kappa shape index (κ3) is 3.87. The Morgan fingerprint density at radius 1 is 1.09 bits per heavy atom. The fourth-order valence-corrected chi connectivity index (χ4v) is 5.94. The number of aromatic amines is 1. The number of H-pyrrole nitrogens is 1. The SMILES string of the molecule is CCN(c1ccc(F)cc1)S(=O)(=O)c1ccc2[nH]cc(C(=O)N3CCc4ccccc43)c(=O)c2c1. The van der Waals surface area contributed by atoms with Gasteiger partial charge in [0.25, 0.3) is 15.9 Å². The molecule has 1 aliphatic heterocycles. The molecule has 1 aromatic heterocycles. The number of benzene rings is 3. The van der Waals surface area contributed by atoms with Crippen LogP contribution in [0.1, 0.15) is 22.8 Å². The predicted octanol–water partition coefficient (Wildman–Crippen LogP) is 4.09. The molecule has 178 valence electrons. The number of amides is 1. The van der Waals surface area contributed by atoms with E-state index in [2.05, 4.69) is 4.98 Å². The molecule has 0 saturated carbocycles. The number of anilines is 2. The summed E-state index contributed by atoms with van der Waals surface area (Å²) in [5.41, 5.74) is 1.92. The van der Waals surface area contributed by atoms with Gasteiger partial charge in [0.05, 0.1) is 10.6 Å². The van der Waals surface area contributed by atoms with Crippen molar-refractivity contribution in [1.29, 1.82) is 0 Å². The van der Waals surface area contributed by atoms with Gasteiger partial charge in [0.15, 0.2) is 0 Å². The van der Waals surface area contributed by atoms with E-state index in [1.807, 2.05) is 24.3 Å². The Morgan fingerprint density at radius 2 is 1.83 bits per heavy atom. The average Bonchev–Trinajstić information content (AvgIpc) is 3.29. The first-order valence-electron chi connectivity index (χ1n) is 11.1. The zero-order chi connectivity index (χ0) is 24.7. The fourth-order valence-electron chi connectivity index (χ4n) is 4.44. The minimum absolute atomic E-state index is 0.0605. The summed E-state index contributed by atoms with van der Waals surface area (Å²) in [6.07, 6.45) is 2.07. The van der Waals surface area contributed by atoms with Gasteiger partial charge >= 0.3 is 0 Å². The minimum Gasteiger partial charge on any atom is -0.360 e. The number of para-hydroxylation sites is 1. The normalized spacial score (nSPS) is 13.1. The largest absolute Gasteiger partial charge is 0.360 e. The van der Waals surface area contributed by atoms with Gasteiger partial charge in [0.2, 0.25) is 5.43 Å². The van der Waals surface area contributed by atoms with Gasteiger partial charge in [-0.15, -0.1) is 0 Å². The number of hydrogen-bond acceptors (Lipinski definition) is 4. The maximum absolute atomic E-state index is 13.4. The minimum atomic E-state index is -4.05. The summed E-state index contributed by atoms with van der Waals surface area (Å²) < 4.78 is 41.3. The second-order valence-corrected chi connectivity index (χ2v) is 10.1. The Hall–Kier alpha value is -3.98. The van der Waals surface area contributed by atoms with Crippen molar-refractivity contribution in [1.82, 2.24) is 4.98 Å². The van der Waals surface area contributed by atoms with Gasteiger partial charge in [0, 0.05) is 35.9 Å². The van der Waals surface area contributed by atoms with Gasteiger partial charge in [-0.3, -0.25) is 13.9 Å². The number of nitrogens with one attached hydrogen (secondary N) is 1. The van der Waals surface area contributed by atoms with Crippen LogP contribution in [-0.2, 0) is 16.4 Å². The number of hydrogen-bond donors (Lipinski definition) is 1. The van der Waals surface area contributed by atoms with Crippen molar-refractivity contribution in [3.05, 3.63) is 100 Å². The molecule has 1 N–H and O–H groups in total. The lowest BCUT2D eigenvalue weighted by molar-refractivity contribution is 0.0988. The number of pyridine rings is 1. The Balaban J connectivity index is 1.56. The molecule has 35 heavy (non-hydrogen) atoms. The molecule has 9 heteroatoms. The van der Waals surface area contributed by atoms with Crippen molar-refractivity contribution >= 4 is 38.2 Å². The van der Waals surface area contributed by atoms with Gasteiger partial charge in [0.1, 0.15) is 11.4 Å². The quantitative estimate of drug-likeness (QED) is 0.455. The van der Waals surface area contributed by atoms with Gasteiger partial charge in [-0.2, -0.15) is 0 Å². The molecule has 0 aliphatic carbocycles. The third-order valence-electron chi connectivity index (χ3n) is 6.20. The van der Waals surface area contributed by atoms with E-state index >= 15 is 0 Å². The van der Waals surface area contributed by atoms with Gasteiger partial charge in [-0.05, 0) is 67.4 Å². The van der Waals surface area contributed by atoms with Crippen LogP contribution >= 0.6 is 0 Å². The van der Waals surface area contributed by atoms with Crippen LogP contribution < -0.4 is 14.6 Å². The number of sulfonamides is 1. The van der Waals surface area contributed by atoms with Gasteiger partial charge in [-0.1, -0.05) is 18.2 Å². The highest BCUT2D eigenvalue weighted by Gasteiger charge is 2.28. The van der Waals surface area contributed by atoms with E-state index < -0.39 is 27.2 Å². The maximum Gasteiger partial charge on any atom is 0.264 e. The lowest BCUT2D eigenvalue weighted by Gasteiger charge is -2.23. The van der Waals surface area contributed by atoms with Crippen molar-refractivity contribution in [2.24, 2.45) is 0 Å². The van der Waals surface area contributed by atoms with Crippen LogP contribution in [0.25, 0.3) is 10.9 Å². The van der Waals surface area contributed by atoms with Crippen LogP contribution in [0.2, 0.25) is 0 Å². The molecule has 0 fully saturated rings. The van der Waals surface area contributed by atoms with E-state index in [1.54, 1.807) is 11.8 Å². The van der Waals surface area contributed by atoms with E-state index in [9.17, 15) is 22.4 Å². The molecule has 7 nitrogen and oxygen atoms in total. The van der Waals surface area contributed by atoms with Gasteiger partial charge in [-0.25, -0.2) is 12.8 Å². The van der Waals surface area contributed by atoms with Crippen molar-refractivity contribution < 1.29 is 17.6 Å². The Kier molecular flexibility index (Phi) is 5.64. The summed E-state index contributed by atoms with van der Waals surface area (Å²) in [5.74, 6) is -0.912. The van der Waals surface area contributed by atoms with E-state index in [0.717, 1.165) is 15.6 Å². The summed E-state index contributed by atoms with van der Waals surface area (Å²) in [4.78, 5) is 31.0. The number of fused-ring (bicyclic) bond motifs is 2. The maximum atomic E-state index is 13.4. The second-order valence-electron chi connectivity index (χ2n) is 8.22. The van der Waals surface area contributed by atoms with E-state index in [1.165, 1.54) is 48.7 Å². The summed E-state index contributed by atoms with van der Waals surface area (Å²) in [6, 6.07) is 16.9. The molecule has 0 saturated heterocycles. The molecule has 0 radical (unpaired) electrons. The Morgan fingerprint density at radius 3 is 2.57 bits per heavy atom. The summed E-state index contributed by atoms with van der Waals surface area (Å²) in [5, 5.41) is 0.0968. The Bertz CT molecular complexity index is 1610. The zero-order valence-corrected chi connectivity index (χ0v) is 19.7. The highest BCUT2D eigenvalue weighted by atomic mass is 32.2. The number of nitrogens with zero attached hydrogens (tertiary/aromatic N) is 2. The molecule has 0 atom stereocenters. The van der Waals surface area contributed by atoms with Gasteiger partial charge < -0.3 is 9.88 Å². The monoisotopic (exact) mass is 491 g/mol. The van der Waals surface area contributed by atoms with Crippen LogP contribution in [0.15, 0.2) is 82.6 Å². The predicted molar refractivity (Wildman–Crippen MR) is 133 cm³/mol. The molecule has 1 aliphatic rings. The lowest BCUT2D eigenvalue weighted by atomic mass is 10.1. The van der Waals surface area contributed by atoms with E-state index in [4.69, 9.17) is 0 Å². The molecule has 4 aromatic rings.